The summed E-state index contributed by atoms with van der Waals surface area (Å²) in [5.41, 5.74) is 0.762. The van der Waals surface area contributed by atoms with Gasteiger partial charge in [-0.25, -0.2) is 0 Å². The number of carbonyl (C=O) groups is 1. The van der Waals surface area contributed by atoms with Gasteiger partial charge in [-0.3, -0.25) is 4.79 Å². The summed E-state index contributed by atoms with van der Waals surface area (Å²) in [6.07, 6.45) is 0. The second-order valence-corrected chi connectivity index (χ2v) is 3.96. The van der Waals surface area contributed by atoms with Gasteiger partial charge in [0.1, 0.15) is 0 Å². The predicted octanol–water partition coefficient (Wildman–Crippen LogP) is 2.44. The molecule has 3 heteroatoms. The number of benzene rings is 1. The molecule has 0 amide bonds. The highest BCUT2D eigenvalue weighted by atomic mass is 127. The molecule has 0 fully saturated rings. The fourth-order valence-corrected chi connectivity index (χ4v) is 0.929. The molecule has 0 spiro atoms. The maximum absolute atomic E-state index is 10.6. The second kappa shape index (κ2) is 7.03. The second-order valence-electron chi connectivity index (χ2n) is 2.98. The van der Waals surface area contributed by atoms with E-state index in [2.05, 4.69) is 0 Å². The summed E-state index contributed by atoms with van der Waals surface area (Å²) >= 11 is 1.77. The maximum Gasteiger partial charge on any atom is 0.222 e. The first-order valence-electron chi connectivity index (χ1n) is 3.90. The first-order valence-corrected chi connectivity index (χ1v) is 4.97. The van der Waals surface area contributed by atoms with Gasteiger partial charge in [-0.05, 0) is 21.1 Å². The summed E-state index contributed by atoms with van der Waals surface area (Å²) in [6, 6.07) is 9.20. The minimum atomic E-state index is 0.0909. The van der Waals surface area contributed by atoms with Crippen LogP contribution < -0.4 is 0 Å². The van der Waals surface area contributed by atoms with Crippen molar-refractivity contribution >= 4 is 26.4 Å². The van der Waals surface area contributed by atoms with E-state index in [0.717, 1.165) is 5.56 Å². The molecule has 2 nitrogen and oxygen atoms in total. The third-order valence-electron chi connectivity index (χ3n) is 1.00. The van der Waals surface area contributed by atoms with E-state index in [0.29, 0.717) is 0 Å². The van der Waals surface area contributed by atoms with Crippen LogP contribution >= 0.6 is 22.6 Å². The molecule has 0 heterocycles. The summed E-state index contributed by atoms with van der Waals surface area (Å²) in [5.74, 6) is 0. The monoisotopic (exact) mass is 291 g/mol. The molecular weight excluding hydrogens is 277 g/mol. The number of hydrogen-bond donors (Lipinski definition) is 0. The van der Waals surface area contributed by atoms with Gasteiger partial charge in [-0.2, -0.15) is 0 Å². The van der Waals surface area contributed by atoms with E-state index in [4.69, 9.17) is 0 Å². The molecule has 1 aromatic carbocycles. The minimum Gasteiger partial charge on any atom is -0.312 e. The van der Waals surface area contributed by atoms with Gasteiger partial charge in [-0.15, -0.1) is 0 Å². The Labute approximate surface area is 93.1 Å². The normalized spacial score (nSPS) is 9.00. The first-order chi connectivity index (χ1) is 6.04. The van der Waals surface area contributed by atoms with Crippen molar-refractivity contribution in [2.45, 2.75) is 0 Å². The van der Waals surface area contributed by atoms with E-state index < -0.39 is 0 Å². The molecule has 0 bridgehead atoms. The Morgan fingerprint density at radius 1 is 1.15 bits per heavy atom. The van der Waals surface area contributed by atoms with Gasteiger partial charge >= 0.3 is 0 Å². The molecule has 1 rings (SSSR count). The Kier molecular flexibility index (Phi) is 6.80. The fourth-order valence-electron chi connectivity index (χ4n) is 0.569. The van der Waals surface area contributed by atoms with Crippen molar-refractivity contribution < 1.29 is 4.79 Å². The first kappa shape index (κ1) is 12.6. The number of nitrogens with zero attached hydrogens (tertiary/aromatic N) is 1. The quantitative estimate of drug-likeness (QED) is 0.585. The Morgan fingerprint density at radius 3 is 1.77 bits per heavy atom. The summed E-state index contributed by atoms with van der Waals surface area (Å²) < 4.78 is 0.0909. The molecule has 0 unspecified atom stereocenters. The Morgan fingerprint density at radius 2 is 1.54 bits per heavy atom. The largest absolute Gasteiger partial charge is 0.312 e. The topological polar surface area (TPSA) is 20.3 Å². The fraction of sp³-hybridized carbons (Fsp3) is 0.300. The number of carbonyl (C=O) groups excluding carboxylic acids is 1. The van der Waals surface area contributed by atoms with Gasteiger partial charge in [0.05, 0.1) is 0 Å². The van der Waals surface area contributed by atoms with E-state index >= 15 is 0 Å². The van der Waals surface area contributed by atoms with Crippen LogP contribution in [0.2, 0.25) is 0 Å². The van der Waals surface area contributed by atoms with Crippen LogP contribution in [0.15, 0.2) is 30.3 Å². The predicted molar refractivity (Wildman–Crippen MR) is 64.4 cm³/mol. The summed E-state index contributed by atoms with van der Waals surface area (Å²) in [6.45, 7) is 0. The van der Waals surface area contributed by atoms with Crippen molar-refractivity contribution in [1.29, 1.82) is 0 Å². The van der Waals surface area contributed by atoms with Gasteiger partial charge in [0.15, 0.2) is 0 Å². The zero-order chi connectivity index (χ0) is 10.3. The molecular formula is C10H14INO. The lowest BCUT2D eigenvalue weighted by molar-refractivity contribution is 0.110. The van der Waals surface area contributed by atoms with Crippen molar-refractivity contribution in [3.63, 3.8) is 0 Å². The number of hydrogen-bond acceptors (Lipinski definition) is 2. The van der Waals surface area contributed by atoms with Crippen molar-refractivity contribution in [2.75, 3.05) is 21.1 Å². The summed E-state index contributed by atoms with van der Waals surface area (Å²) in [7, 11) is 6.00. The SMILES string of the molecule is CN(C)C.O=C(I)c1ccccc1. The molecule has 0 aliphatic heterocycles. The van der Waals surface area contributed by atoms with Gasteiger partial charge in [0.25, 0.3) is 0 Å². The Hall–Kier alpha value is -0.420. The van der Waals surface area contributed by atoms with Crippen LogP contribution in [0.3, 0.4) is 0 Å². The van der Waals surface area contributed by atoms with Crippen molar-refractivity contribution in [3.8, 4) is 0 Å². The molecule has 72 valence electrons. The number of halogens is 1. The number of rotatable bonds is 1. The molecule has 0 aromatic heterocycles. The molecule has 0 saturated heterocycles. The van der Waals surface area contributed by atoms with Crippen LogP contribution in [-0.2, 0) is 0 Å². The zero-order valence-electron chi connectivity index (χ0n) is 8.12. The molecule has 13 heavy (non-hydrogen) atoms. The van der Waals surface area contributed by atoms with Crippen LogP contribution in [0.5, 0.6) is 0 Å². The highest BCUT2D eigenvalue weighted by Crippen LogP contribution is 2.03. The van der Waals surface area contributed by atoms with Crippen molar-refractivity contribution in [1.82, 2.24) is 4.90 Å². The zero-order valence-corrected chi connectivity index (χ0v) is 10.3. The maximum atomic E-state index is 10.6. The molecule has 0 radical (unpaired) electrons. The highest BCUT2D eigenvalue weighted by Gasteiger charge is 1.95. The van der Waals surface area contributed by atoms with E-state index in [9.17, 15) is 4.79 Å². The van der Waals surface area contributed by atoms with Crippen molar-refractivity contribution in [3.05, 3.63) is 35.9 Å². The highest BCUT2D eigenvalue weighted by molar-refractivity contribution is 14.1. The van der Waals surface area contributed by atoms with Crippen LogP contribution in [0, 0.1) is 0 Å². The molecule has 0 saturated carbocycles. The van der Waals surface area contributed by atoms with Crippen LogP contribution in [0.4, 0.5) is 0 Å². The van der Waals surface area contributed by atoms with Crippen molar-refractivity contribution in [2.24, 2.45) is 0 Å². The average molecular weight is 291 g/mol. The summed E-state index contributed by atoms with van der Waals surface area (Å²) in [4.78, 5) is 12.6. The minimum absolute atomic E-state index is 0.0909. The van der Waals surface area contributed by atoms with Gasteiger partial charge in [0, 0.05) is 28.2 Å². The van der Waals surface area contributed by atoms with Crippen LogP contribution in [0.1, 0.15) is 10.4 Å². The van der Waals surface area contributed by atoms with E-state index in [1.165, 1.54) is 0 Å². The molecule has 0 aliphatic rings. The summed E-state index contributed by atoms with van der Waals surface area (Å²) in [5, 5.41) is 0. The Balaban J connectivity index is 0.000000310. The average Bonchev–Trinajstić information content (AvgIpc) is 2.05. The van der Waals surface area contributed by atoms with Gasteiger partial charge in [0.2, 0.25) is 3.79 Å². The van der Waals surface area contributed by atoms with Gasteiger partial charge in [-0.1, -0.05) is 30.3 Å². The third kappa shape index (κ3) is 7.93. The Bertz CT molecular complexity index is 244. The lowest BCUT2D eigenvalue weighted by Gasteiger charge is -1.90. The molecule has 0 N–H and O–H groups in total. The van der Waals surface area contributed by atoms with Crippen LogP contribution in [0.25, 0.3) is 0 Å². The molecule has 0 atom stereocenters. The molecule has 0 aliphatic carbocycles. The van der Waals surface area contributed by atoms with E-state index in [1.807, 2.05) is 44.2 Å². The smallest absolute Gasteiger partial charge is 0.222 e. The standard InChI is InChI=1S/C7H5IO.C3H9N/c8-7(9)6-4-2-1-3-5-6;1-4(2)3/h1-5H;1-3H3. The van der Waals surface area contributed by atoms with E-state index in [1.54, 1.807) is 34.7 Å². The lowest BCUT2D eigenvalue weighted by Crippen LogP contribution is -1.99. The van der Waals surface area contributed by atoms with Gasteiger partial charge < -0.3 is 4.90 Å². The van der Waals surface area contributed by atoms with E-state index in [-0.39, 0.29) is 3.79 Å². The van der Waals surface area contributed by atoms with Crippen LogP contribution in [-0.4, -0.2) is 29.8 Å². The molecule has 1 aromatic rings. The lowest BCUT2D eigenvalue weighted by atomic mass is 10.2. The third-order valence-corrected chi connectivity index (χ3v) is 1.62.